The van der Waals surface area contributed by atoms with E-state index in [9.17, 15) is 4.79 Å². The summed E-state index contributed by atoms with van der Waals surface area (Å²) < 4.78 is 21.8. The van der Waals surface area contributed by atoms with E-state index < -0.39 is 6.16 Å². The van der Waals surface area contributed by atoms with Gasteiger partial charge in [-0.15, -0.1) is 0 Å². The van der Waals surface area contributed by atoms with E-state index >= 15 is 0 Å². The number of benzene rings is 1. The number of hydrogen-bond donors (Lipinski definition) is 1. The van der Waals surface area contributed by atoms with Gasteiger partial charge in [-0.3, -0.25) is 4.98 Å². The summed E-state index contributed by atoms with van der Waals surface area (Å²) in [6, 6.07) is 9.55. The van der Waals surface area contributed by atoms with Crippen LogP contribution >= 0.6 is 0 Å². The van der Waals surface area contributed by atoms with Crippen LogP contribution in [0.15, 0.2) is 47.1 Å². The average Bonchev–Trinajstić information content (AvgIpc) is 3.09. The number of nitrogens with one attached hydrogen (secondary N) is 1. The van der Waals surface area contributed by atoms with Crippen molar-refractivity contribution < 1.29 is 23.4 Å². The third kappa shape index (κ3) is 5.48. The molecule has 0 spiro atoms. The summed E-state index contributed by atoms with van der Waals surface area (Å²) in [6.45, 7) is 6.10. The third-order valence-corrected chi connectivity index (χ3v) is 4.34. The molecule has 2 heterocycles. The molecular formula is C22H26N2O5. The van der Waals surface area contributed by atoms with E-state index in [4.69, 9.17) is 18.6 Å². The molecule has 3 rings (SSSR count). The molecule has 0 atom stereocenters. The maximum atomic E-state index is 11.7. The Bertz CT molecular complexity index is 924. The zero-order valence-electron chi connectivity index (χ0n) is 16.8. The summed E-state index contributed by atoms with van der Waals surface area (Å²) in [5.41, 5.74) is 2.56. The van der Waals surface area contributed by atoms with Gasteiger partial charge in [0.15, 0.2) is 0 Å². The van der Waals surface area contributed by atoms with Crippen LogP contribution in [0.1, 0.15) is 31.4 Å². The van der Waals surface area contributed by atoms with Gasteiger partial charge in [0.2, 0.25) is 0 Å². The van der Waals surface area contributed by atoms with Crippen molar-refractivity contribution in [3.05, 3.63) is 53.9 Å². The largest absolute Gasteiger partial charge is 0.516 e. The van der Waals surface area contributed by atoms with E-state index in [-0.39, 0.29) is 12.6 Å². The topological polar surface area (TPSA) is 82.8 Å². The van der Waals surface area contributed by atoms with Crippen LogP contribution < -0.4 is 14.8 Å². The van der Waals surface area contributed by atoms with Crippen molar-refractivity contribution in [1.82, 2.24) is 10.3 Å². The van der Waals surface area contributed by atoms with Crippen LogP contribution in [0.2, 0.25) is 0 Å². The number of fused-ring (bicyclic) bond motifs is 1. The molecule has 1 N–H and O–H groups in total. The van der Waals surface area contributed by atoms with Crippen molar-refractivity contribution in [1.29, 1.82) is 0 Å². The number of carbonyl (C=O) groups excluding carboxylic acids is 1. The molecular weight excluding hydrogens is 372 g/mol. The Hall–Kier alpha value is -3.06. The summed E-state index contributed by atoms with van der Waals surface area (Å²) in [7, 11) is 0. The van der Waals surface area contributed by atoms with Crippen molar-refractivity contribution in [2.75, 3.05) is 19.8 Å². The molecule has 1 aromatic carbocycles. The van der Waals surface area contributed by atoms with E-state index in [1.807, 2.05) is 43.5 Å². The monoisotopic (exact) mass is 398 g/mol. The first-order valence-electron chi connectivity index (χ1n) is 9.84. The third-order valence-electron chi connectivity index (χ3n) is 4.34. The number of hydrogen-bond acceptors (Lipinski definition) is 7. The molecule has 0 aliphatic carbocycles. The van der Waals surface area contributed by atoms with Gasteiger partial charge in [0.05, 0.1) is 18.6 Å². The summed E-state index contributed by atoms with van der Waals surface area (Å²) in [5, 5.41) is 4.21. The molecule has 0 saturated carbocycles. The fraction of sp³-hybridized carbons (Fsp3) is 0.364. The van der Waals surface area contributed by atoms with E-state index in [0.717, 1.165) is 36.0 Å². The number of furan rings is 1. The zero-order valence-corrected chi connectivity index (χ0v) is 16.8. The van der Waals surface area contributed by atoms with Crippen LogP contribution in [0.5, 0.6) is 11.7 Å². The summed E-state index contributed by atoms with van der Waals surface area (Å²) in [5.74, 6) is 0.879. The van der Waals surface area contributed by atoms with Gasteiger partial charge in [-0.1, -0.05) is 19.1 Å². The van der Waals surface area contributed by atoms with Gasteiger partial charge < -0.3 is 23.9 Å². The average molecular weight is 398 g/mol. The smallest absolute Gasteiger partial charge is 0.493 e. The highest BCUT2D eigenvalue weighted by molar-refractivity contribution is 5.90. The molecule has 0 amide bonds. The van der Waals surface area contributed by atoms with E-state index in [1.165, 1.54) is 0 Å². The molecule has 3 aromatic rings. The number of aryl methyl sites for hydroxylation is 1. The standard InChI is InChI=1S/C22H26N2O5/c1-3-17-20-18(27-13-7-12-24-15-16-8-6-11-23-14-16)9-5-10-19(20)28-21(17)29-22(25)26-4-2/h5-6,8-11,14,24H,3-4,7,12-13,15H2,1-2H3. The normalized spacial score (nSPS) is 10.8. The van der Waals surface area contributed by atoms with Gasteiger partial charge >= 0.3 is 6.16 Å². The fourth-order valence-corrected chi connectivity index (χ4v) is 3.02. The molecule has 0 radical (unpaired) electrons. The number of ether oxygens (including phenoxy) is 3. The van der Waals surface area contributed by atoms with E-state index in [0.29, 0.717) is 24.4 Å². The molecule has 29 heavy (non-hydrogen) atoms. The Morgan fingerprint density at radius 1 is 1.21 bits per heavy atom. The van der Waals surface area contributed by atoms with Gasteiger partial charge in [0.25, 0.3) is 5.95 Å². The second kappa shape index (κ2) is 10.5. The number of carbonyl (C=O) groups is 1. The van der Waals surface area contributed by atoms with E-state index in [2.05, 4.69) is 10.3 Å². The van der Waals surface area contributed by atoms with Crippen molar-refractivity contribution in [3.63, 3.8) is 0 Å². The van der Waals surface area contributed by atoms with Crippen molar-refractivity contribution in [3.8, 4) is 11.7 Å². The summed E-state index contributed by atoms with van der Waals surface area (Å²) in [6.07, 6.45) is 4.33. The Balaban J connectivity index is 1.59. The molecule has 7 nitrogen and oxygen atoms in total. The second-order valence-corrected chi connectivity index (χ2v) is 6.38. The molecule has 154 valence electrons. The number of rotatable bonds is 10. The van der Waals surface area contributed by atoms with Crippen molar-refractivity contribution in [2.45, 2.75) is 33.2 Å². The van der Waals surface area contributed by atoms with Crippen LogP contribution in [0.4, 0.5) is 4.79 Å². The SMILES string of the molecule is CCOC(=O)Oc1oc2cccc(OCCCNCc3cccnc3)c2c1CC. The zero-order chi connectivity index (χ0) is 20.5. The molecule has 0 aliphatic rings. The Kier molecular flexibility index (Phi) is 7.47. The lowest BCUT2D eigenvalue weighted by Gasteiger charge is -2.09. The number of aromatic nitrogens is 1. The van der Waals surface area contributed by atoms with Crippen LogP contribution in [0.25, 0.3) is 11.0 Å². The van der Waals surface area contributed by atoms with Gasteiger partial charge in [0.1, 0.15) is 11.3 Å². The second-order valence-electron chi connectivity index (χ2n) is 6.38. The van der Waals surface area contributed by atoms with Crippen LogP contribution in [0.3, 0.4) is 0 Å². The van der Waals surface area contributed by atoms with Crippen molar-refractivity contribution >= 4 is 17.1 Å². The minimum Gasteiger partial charge on any atom is -0.493 e. The van der Waals surface area contributed by atoms with Gasteiger partial charge in [0, 0.05) is 24.5 Å². The lowest BCUT2D eigenvalue weighted by Crippen LogP contribution is -2.17. The first-order chi connectivity index (χ1) is 14.2. The van der Waals surface area contributed by atoms with Crippen LogP contribution in [-0.2, 0) is 17.7 Å². The Labute approximate surface area is 170 Å². The van der Waals surface area contributed by atoms with Gasteiger partial charge in [-0.05, 0) is 50.1 Å². The predicted octanol–water partition coefficient (Wildman–Crippen LogP) is 4.48. The van der Waals surface area contributed by atoms with Gasteiger partial charge in [-0.25, -0.2) is 4.79 Å². The molecule has 0 unspecified atom stereocenters. The van der Waals surface area contributed by atoms with Crippen molar-refractivity contribution in [2.24, 2.45) is 0 Å². The highest BCUT2D eigenvalue weighted by atomic mass is 16.8. The lowest BCUT2D eigenvalue weighted by atomic mass is 10.1. The van der Waals surface area contributed by atoms with E-state index in [1.54, 1.807) is 13.1 Å². The number of pyridine rings is 1. The molecule has 7 heteroatoms. The first kappa shape index (κ1) is 20.7. The molecule has 0 aliphatic heterocycles. The highest BCUT2D eigenvalue weighted by Gasteiger charge is 2.20. The minimum absolute atomic E-state index is 0.162. The lowest BCUT2D eigenvalue weighted by molar-refractivity contribution is 0.0952. The minimum atomic E-state index is -0.775. The summed E-state index contributed by atoms with van der Waals surface area (Å²) >= 11 is 0. The van der Waals surface area contributed by atoms with Crippen LogP contribution in [0, 0.1) is 0 Å². The molecule has 0 bridgehead atoms. The Morgan fingerprint density at radius 2 is 2.10 bits per heavy atom. The maximum Gasteiger partial charge on any atom is 0.516 e. The molecule has 0 saturated heterocycles. The number of nitrogens with zero attached hydrogens (tertiary/aromatic N) is 1. The Morgan fingerprint density at radius 3 is 2.86 bits per heavy atom. The first-order valence-corrected chi connectivity index (χ1v) is 9.84. The maximum absolute atomic E-state index is 11.7. The van der Waals surface area contributed by atoms with Crippen LogP contribution in [-0.4, -0.2) is 30.9 Å². The fourth-order valence-electron chi connectivity index (χ4n) is 3.02. The quantitative estimate of drug-likeness (QED) is 0.398. The molecule has 0 fully saturated rings. The highest BCUT2D eigenvalue weighted by Crippen LogP contribution is 2.38. The summed E-state index contributed by atoms with van der Waals surface area (Å²) in [4.78, 5) is 15.8. The van der Waals surface area contributed by atoms with Gasteiger partial charge in [-0.2, -0.15) is 0 Å². The predicted molar refractivity (Wildman–Crippen MR) is 109 cm³/mol. The molecule has 2 aromatic heterocycles.